The van der Waals surface area contributed by atoms with Crippen LogP contribution in [0.4, 0.5) is 5.69 Å². The quantitative estimate of drug-likeness (QED) is 0.519. The van der Waals surface area contributed by atoms with Crippen LogP contribution in [-0.4, -0.2) is 25.4 Å². The standard InChI is InChI=1S/C13H21NO5P2/c1-3-18-21(16,19-4-2)13(20-15)17-10-9-11-5-7-12(14)8-6-11/h5-8,13H,3-4,9-10,14H2,1-2H3/t13-/m1/s1. The van der Waals surface area contributed by atoms with Gasteiger partial charge in [-0.3, -0.25) is 9.13 Å². The van der Waals surface area contributed by atoms with Crippen LogP contribution in [-0.2, 0) is 29.3 Å². The summed E-state index contributed by atoms with van der Waals surface area (Å²) in [6, 6.07) is 7.36. The summed E-state index contributed by atoms with van der Waals surface area (Å²) in [5.74, 6) is 0. The molecule has 1 atom stereocenters. The number of nitrogen functional groups attached to an aromatic ring is 1. The lowest BCUT2D eigenvalue weighted by atomic mass is 10.1. The Morgan fingerprint density at radius 2 is 1.76 bits per heavy atom. The van der Waals surface area contributed by atoms with Gasteiger partial charge in [-0.25, -0.2) is 0 Å². The van der Waals surface area contributed by atoms with E-state index in [2.05, 4.69) is 0 Å². The fourth-order valence-electron chi connectivity index (χ4n) is 1.67. The molecule has 2 N–H and O–H groups in total. The van der Waals surface area contributed by atoms with Crippen molar-refractivity contribution >= 4 is 21.7 Å². The Labute approximate surface area is 126 Å². The summed E-state index contributed by atoms with van der Waals surface area (Å²) in [4.78, 5) is 0. The summed E-state index contributed by atoms with van der Waals surface area (Å²) in [5, 5.41) is 0. The molecule has 118 valence electrons. The lowest BCUT2D eigenvalue weighted by molar-refractivity contribution is 0.114. The number of nitrogens with two attached hydrogens (primary N) is 1. The van der Waals surface area contributed by atoms with Gasteiger partial charge in [-0.1, -0.05) is 12.1 Å². The van der Waals surface area contributed by atoms with Gasteiger partial charge in [-0.2, -0.15) is 0 Å². The number of hydrogen-bond acceptors (Lipinski definition) is 6. The third-order valence-corrected chi connectivity index (χ3v) is 6.00. The molecular formula is C13H21NO5P2. The molecule has 0 aromatic heterocycles. The summed E-state index contributed by atoms with van der Waals surface area (Å²) >= 11 is 0. The molecule has 21 heavy (non-hydrogen) atoms. The predicted molar refractivity (Wildman–Crippen MR) is 82.8 cm³/mol. The highest BCUT2D eigenvalue weighted by Crippen LogP contribution is 2.57. The highest BCUT2D eigenvalue weighted by Gasteiger charge is 2.37. The molecule has 0 aliphatic heterocycles. The fourth-order valence-corrected chi connectivity index (χ4v) is 4.04. The van der Waals surface area contributed by atoms with Gasteiger partial charge < -0.3 is 19.5 Å². The van der Waals surface area contributed by atoms with Gasteiger partial charge in [0, 0.05) is 5.69 Å². The zero-order chi connectivity index (χ0) is 15.7. The lowest BCUT2D eigenvalue weighted by Crippen LogP contribution is -2.13. The average molecular weight is 333 g/mol. The van der Waals surface area contributed by atoms with Gasteiger partial charge in [0.1, 0.15) is 0 Å². The van der Waals surface area contributed by atoms with E-state index in [1.165, 1.54) is 0 Å². The van der Waals surface area contributed by atoms with Crippen LogP contribution in [0, 0.1) is 0 Å². The molecule has 8 heteroatoms. The zero-order valence-electron chi connectivity index (χ0n) is 12.2. The van der Waals surface area contributed by atoms with Crippen LogP contribution in [0.5, 0.6) is 0 Å². The number of ether oxygens (including phenoxy) is 1. The summed E-state index contributed by atoms with van der Waals surface area (Å²) in [6.45, 7) is 4.04. The fraction of sp³-hybridized carbons (Fsp3) is 0.538. The van der Waals surface area contributed by atoms with E-state index in [1.54, 1.807) is 26.0 Å². The molecule has 0 aliphatic carbocycles. The minimum Gasteiger partial charge on any atom is -0.399 e. The lowest BCUT2D eigenvalue weighted by Gasteiger charge is -2.21. The molecule has 1 rings (SSSR count). The van der Waals surface area contributed by atoms with E-state index < -0.39 is 21.6 Å². The van der Waals surface area contributed by atoms with Gasteiger partial charge in [0.05, 0.1) is 19.8 Å². The summed E-state index contributed by atoms with van der Waals surface area (Å²) in [6.07, 6.45) is 0.588. The zero-order valence-corrected chi connectivity index (χ0v) is 14.0. The van der Waals surface area contributed by atoms with E-state index in [1.807, 2.05) is 12.1 Å². The first-order chi connectivity index (χ1) is 10.1. The molecule has 6 nitrogen and oxygen atoms in total. The van der Waals surface area contributed by atoms with Gasteiger partial charge in [-0.05, 0) is 38.0 Å². The van der Waals surface area contributed by atoms with Gasteiger partial charge in [0.2, 0.25) is 14.0 Å². The van der Waals surface area contributed by atoms with Gasteiger partial charge in [0.15, 0.2) is 0 Å². The van der Waals surface area contributed by atoms with E-state index in [0.717, 1.165) is 5.56 Å². The SMILES string of the molecule is CCOP(=O)(OCC)[C@H](OCCc1ccc(N)cc1)P=O. The minimum absolute atomic E-state index is 0.199. The van der Waals surface area contributed by atoms with Crippen molar-refractivity contribution in [3.05, 3.63) is 29.8 Å². The number of benzene rings is 1. The molecule has 0 bridgehead atoms. The molecule has 0 amide bonds. The van der Waals surface area contributed by atoms with E-state index >= 15 is 0 Å². The van der Waals surface area contributed by atoms with E-state index in [0.29, 0.717) is 12.1 Å². The first-order valence-corrected chi connectivity index (χ1v) is 9.22. The molecule has 0 heterocycles. The largest absolute Gasteiger partial charge is 0.399 e. The summed E-state index contributed by atoms with van der Waals surface area (Å²) in [5.41, 5.74) is 6.21. The van der Waals surface area contributed by atoms with Crippen molar-refractivity contribution in [3.8, 4) is 0 Å². The van der Waals surface area contributed by atoms with Crippen LogP contribution in [0.25, 0.3) is 0 Å². The van der Waals surface area contributed by atoms with Gasteiger partial charge in [0.25, 0.3) is 0 Å². The van der Waals surface area contributed by atoms with Crippen molar-refractivity contribution in [1.82, 2.24) is 0 Å². The van der Waals surface area contributed by atoms with Crippen LogP contribution in [0.1, 0.15) is 19.4 Å². The Balaban J connectivity index is 2.58. The van der Waals surface area contributed by atoms with Crippen LogP contribution in [0.2, 0.25) is 0 Å². The molecule has 0 unspecified atom stereocenters. The Morgan fingerprint density at radius 1 is 1.19 bits per heavy atom. The maximum atomic E-state index is 12.4. The maximum absolute atomic E-state index is 12.4. The van der Waals surface area contributed by atoms with Gasteiger partial charge in [-0.15, -0.1) is 0 Å². The van der Waals surface area contributed by atoms with E-state index in [9.17, 15) is 9.13 Å². The molecule has 0 aliphatic rings. The summed E-state index contributed by atoms with van der Waals surface area (Å²) < 4.78 is 39.3. The molecule has 1 aromatic carbocycles. The van der Waals surface area contributed by atoms with E-state index in [4.69, 9.17) is 19.5 Å². The second kappa shape index (κ2) is 9.29. The number of anilines is 1. The van der Waals surface area contributed by atoms with Crippen molar-refractivity contribution in [1.29, 1.82) is 0 Å². The topological polar surface area (TPSA) is 87.8 Å². The molecule has 0 fully saturated rings. The molecule has 1 aromatic rings. The third-order valence-electron chi connectivity index (χ3n) is 2.62. The first kappa shape index (κ1) is 18.3. The maximum Gasteiger partial charge on any atom is 0.371 e. The number of rotatable bonds is 10. The molecule has 0 spiro atoms. The monoisotopic (exact) mass is 333 g/mol. The second-order valence-corrected chi connectivity index (χ2v) is 7.32. The van der Waals surface area contributed by atoms with Crippen molar-refractivity contribution in [2.75, 3.05) is 25.6 Å². The minimum atomic E-state index is -3.53. The summed E-state index contributed by atoms with van der Waals surface area (Å²) in [7, 11) is -3.94. The van der Waals surface area contributed by atoms with Crippen molar-refractivity contribution < 1.29 is 22.9 Å². The average Bonchev–Trinajstić information content (AvgIpc) is 2.46. The Morgan fingerprint density at radius 3 is 2.24 bits per heavy atom. The normalized spacial score (nSPS) is 13.4. The van der Waals surface area contributed by atoms with Gasteiger partial charge >= 0.3 is 7.60 Å². The van der Waals surface area contributed by atoms with E-state index in [-0.39, 0.29) is 19.8 Å². The smallest absolute Gasteiger partial charge is 0.371 e. The highest BCUT2D eigenvalue weighted by atomic mass is 31.2. The predicted octanol–water partition coefficient (Wildman–Crippen LogP) is 3.67. The van der Waals surface area contributed by atoms with Crippen LogP contribution >= 0.6 is 16.1 Å². The van der Waals surface area contributed by atoms with Crippen molar-refractivity contribution in [3.63, 3.8) is 0 Å². The highest BCUT2D eigenvalue weighted by molar-refractivity contribution is 7.63. The molecule has 0 radical (unpaired) electrons. The Hall–Kier alpha value is -0.770. The molecular weight excluding hydrogens is 312 g/mol. The van der Waals surface area contributed by atoms with Crippen molar-refractivity contribution in [2.24, 2.45) is 0 Å². The van der Waals surface area contributed by atoms with Crippen LogP contribution < -0.4 is 5.73 Å². The number of hydrogen-bond donors (Lipinski definition) is 1. The van der Waals surface area contributed by atoms with Crippen LogP contribution in [0.15, 0.2) is 24.3 Å². The van der Waals surface area contributed by atoms with Crippen molar-refractivity contribution in [2.45, 2.75) is 25.9 Å². The Bertz CT molecular complexity index is 470. The van der Waals surface area contributed by atoms with Crippen LogP contribution in [0.3, 0.4) is 0 Å². The molecule has 0 saturated carbocycles. The first-order valence-electron chi connectivity index (χ1n) is 6.73. The second-order valence-electron chi connectivity index (χ2n) is 4.17. The Kier molecular flexibility index (Phi) is 8.09. The third kappa shape index (κ3) is 5.85. The molecule has 0 saturated heterocycles.